The van der Waals surface area contributed by atoms with Gasteiger partial charge in [0, 0.05) is 11.8 Å². The molecule has 0 aliphatic carbocycles. The second-order valence-electron chi connectivity index (χ2n) is 6.33. The van der Waals surface area contributed by atoms with Gasteiger partial charge in [-0.15, -0.1) is 0 Å². The summed E-state index contributed by atoms with van der Waals surface area (Å²) in [5.74, 6) is 0.381. The average molecular weight is 349 g/mol. The second-order valence-corrected chi connectivity index (χ2v) is 7.66. The lowest BCUT2D eigenvalue weighted by atomic mass is 10.1. The minimum atomic E-state index is 0.381. The highest BCUT2D eigenvalue weighted by Crippen LogP contribution is 2.23. The second kappa shape index (κ2) is 8.29. The summed E-state index contributed by atoms with van der Waals surface area (Å²) in [6, 6.07) is 23.0. The molecular weight excluding hydrogens is 325 g/mol. The van der Waals surface area contributed by atoms with Gasteiger partial charge in [0.05, 0.1) is 0 Å². The molecule has 0 aromatic heterocycles. The van der Waals surface area contributed by atoms with Gasteiger partial charge in [-0.05, 0) is 54.5 Å². The first kappa shape index (κ1) is 17.7. The van der Waals surface area contributed by atoms with Crippen LogP contribution in [0.1, 0.15) is 22.3 Å². The minimum Gasteiger partial charge on any atom is -0.507 e. The van der Waals surface area contributed by atoms with Crippen LogP contribution < -0.4 is 15.9 Å². The van der Waals surface area contributed by atoms with Gasteiger partial charge in [0.25, 0.3) is 0 Å². The van der Waals surface area contributed by atoms with E-state index in [0.717, 1.165) is 18.3 Å². The lowest BCUT2D eigenvalue weighted by molar-refractivity contribution is 0.479. The molecular formula is C22H24NOP. The smallest absolute Gasteiger partial charge is 0.123 e. The Labute approximate surface area is 151 Å². The highest BCUT2D eigenvalue weighted by molar-refractivity contribution is 7.55. The van der Waals surface area contributed by atoms with E-state index >= 15 is 0 Å². The Morgan fingerprint density at radius 3 is 2.44 bits per heavy atom. The molecule has 128 valence electrons. The van der Waals surface area contributed by atoms with Crippen molar-refractivity contribution < 1.29 is 5.11 Å². The summed E-state index contributed by atoms with van der Waals surface area (Å²) in [6.45, 7) is 2.96. The summed E-state index contributed by atoms with van der Waals surface area (Å²) in [5, 5.41) is 15.9. The van der Waals surface area contributed by atoms with Gasteiger partial charge in [0.2, 0.25) is 0 Å². The monoisotopic (exact) mass is 349 g/mol. The lowest BCUT2D eigenvalue weighted by Crippen LogP contribution is -2.16. The van der Waals surface area contributed by atoms with E-state index in [1.807, 2.05) is 25.2 Å². The molecule has 1 atom stereocenters. The molecule has 0 heterocycles. The Balaban J connectivity index is 1.86. The zero-order chi connectivity index (χ0) is 17.6. The topological polar surface area (TPSA) is 32.3 Å². The van der Waals surface area contributed by atoms with Crippen LogP contribution in [-0.4, -0.2) is 12.2 Å². The normalized spacial score (nSPS) is 11.3. The Hall–Kier alpha value is -2.15. The van der Waals surface area contributed by atoms with Crippen molar-refractivity contribution in [3.63, 3.8) is 0 Å². The standard InChI is InChI=1S/C22H24NOP/c1-16-8-11-21(19(12-16)15-23-2)25-22-14-18(9-10-20(22)24)13-17-6-4-3-5-7-17/h3-12,14,23-25H,13,15H2,1-2H3. The summed E-state index contributed by atoms with van der Waals surface area (Å²) in [5.41, 5.74) is 5.08. The van der Waals surface area contributed by atoms with Crippen molar-refractivity contribution in [1.29, 1.82) is 0 Å². The molecule has 0 aliphatic heterocycles. The van der Waals surface area contributed by atoms with Crippen LogP contribution in [0.3, 0.4) is 0 Å². The Kier molecular flexibility index (Phi) is 5.86. The number of aromatic hydroxyl groups is 1. The highest BCUT2D eigenvalue weighted by atomic mass is 31.1. The Bertz CT molecular complexity index is 846. The number of hydrogen-bond acceptors (Lipinski definition) is 2. The third-order valence-corrected chi connectivity index (χ3v) is 5.64. The first-order valence-corrected chi connectivity index (χ1v) is 9.52. The Morgan fingerprint density at radius 1 is 0.880 bits per heavy atom. The van der Waals surface area contributed by atoms with E-state index in [0.29, 0.717) is 14.3 Å². The molecule has 0 saturated carbocycles. The van der Waals surface area contributed by atoms with E-state index in [1.165, 1.54) is 27.6 Å². The van der Waals surface area contributed by atoms with E-state index in [-0.39, 0.29) is 0 Å². The SMILES string of the molecule is CNCc1cc(C)ccc1Pc1cc(Cc2ccccc2)ccc1O. The third-order valence-electron chi connectivity index (χ3n) is 4.21. The van der Waals surface area contributed by atoms with Gasteiger partial charge in [-0.1, -0.05) is 68.7 Å². The zero-order valence-electron chi connectivity index (χ0n) is 14.7. The van der Waals surface area contributed by atoms with Gasteiger partial charge < -0.3 is 10.4 Å². The summed E-state index contributed by atoms with van der Waals surface area (Å²) >= 11 is 0. The quantitative estimate of drug-likeness (QED) is 0.666. The van der Waals surface area contributed by atoms with Crippen LogP contribution in [0, 0.1) is 6.92 Å². The molecule has 0 amide bonds. The molecule has 0 fully saturated rings. The van der Waals surface area contributed by atoms with Gasteiger partial charge >= 0.3 is 0 Å². The van der Waals surface area contributed by atoms with Crippen LogP contribution >= 0.6 is 8.58 Å². The van der Waals surface area contributed by atoms with Crippen LogP contribution in [0.4, 0.5) is 0 Å². The van der Waals surface area contributed by atoms with E-state index in [9.17, 15) is 5.11 Å². The van der Waals surface area contributed by atoms with Crippen molar-refractivity contribution >= 4 is 19.2 Å². The predicted octanol–water partition coefficient (Wildman–Crippen LogP) is 3.64. The molecule has 3 aromatic rings. The lowest BCUT2D eigenvalue weighted by Gasteiger charge is -2.13. The first-order valence-electron chi connectivity index (χ1n) is 8.52. The van der Waals surface area contributed by atoms with Crippen LogP contribution in [0.5, 0.6) is 5.75 Å². The van der Waals surface area contributed by atoms with Crippen molar-refractivity contribution in [2.75, 3.05) is 7.05 Å². The van der Waals surface area contributed by atoms with Gasteiger partial charge in [-0.25, -0.2) is 0 Å². The van der Waals surface area contributed by atoms with Crippen molar-refractivity contribution in [3.05, 3.63) is 89.0 Å². The molecule has 1 unspecified atom stereocenters. The van der Waals surface area contributed by atoms with E-state index in [1.54, 1.807) is 0 Å². The number of phenols is 1. The van der Waals surface area contributed by atoms with Crippen molar-refractivity contribution in [1.82, 2.24) is 5.32 Å². The summed E-state index contributed by atoms with van der Waals surface area (Å²) in [7, 11) is 2.41. The molecule has 0 aliphatic rings. The Morgan fingerprint density at radius 2 is 1.68 bits per heavy atom. The fourth-order valence-electron chi connectivity index (χ4n) is 2.95. The van der Waals surface area contributed by atoms with E-state index < -0.39 is 0 Å². The molecule has 3 aromatic carbocycles. The fourth-order valence-corrected chi connectivity index (χ4v) is 4.20. The molecule has 3 heteroatoms. The van der Waals surface area contributed by atoms with Gasteiger partial charge in [0.1, 0.15) is 5.75 Å². The first-order chi connectivity index (χ1) is 12.2. The van der Waals surface area contributed by atoms with Crippen LogP contribution in [0.15, 0.2) is 66.7 Å². The molecule has 0 radical (unpaired) electrons. The molecule has 25 heavy (non-hydrogen) atoms. The maximum Gasteiger partial charge on any atom is 0.123 e. The fraction of sp³-hybridized carbons (Fsp3) is 0.182. The van der Waals surface area contributed by atoms with Crippen molar-refractivity contribution in [2.45, 2.75) is 19.9 Å². The van der Waals surface area contributed by atoms with Crippen LogP contribution in [0.2, 0.25) is 0 Å². The summed E-state index contributed by atoms with van der Waals surface area (Å²) < 4.78 is 0. The molecule has 2 nitrogen and oxygen atoms in total. The summed E-state index contributed by atoms with van der Waals surface area (Å²) in [6.07, 6.45) is 0.885. The molecule has 0 saturated heterocycles. The van der Waals surface area contributed by atoms with Gasteiger partial charge in [-0.2, -0.15) is 0 Å². The van der Waals surface area contributed by atoms with E-state index in [4.69, 9.17) is 0 Å². The molecule has 0 spiro atoms. The number of hydrogen-bond donors (Lipinski definition) is 2. The maximum atomic E-state index is 10.3. The minimum absolute atomic E-state index is 0.381. The number of phenolic OH excluding ortho intramolecular Hbond substituents is 1. The number of rotatable bonds is 6. The molecule has 0 bridgehead atoms. The number of aryl methyl sites for hydroxylation is 1. The van der Waals surface area contributed by atoms with Gasteiger partial charge in [0.15, 0.2) is 0 Å². The average Bonchev–Trinajstić information content (AvgIpc) is 2.61. The highest BCUT2D eigenvalue weighted by Gasteiger charge is 2.09. The third kappa shape index (κ3) is 4.69. The molecule has 3 rings (SSSR count). The van der Waals surface area contributed by atoms with E-state index in [2.05, 4.69) is 60.8 Å². The maximum absolute atomic E-state index is 10.3. The van der Waals surface area contributed by atoms with Crippen molar-refractivity contribution in [3.8, 4) is 5.75 Å². The molecule has 2 N–H and O–H groups in total. The van der Waals surface area contributed by atoms with Gasteiger partial charge in [-0.3, -0.25) is 0 Å². The number of benzene rings is 3. The summed E-state index contributed by atoms with van der Waals surface area (Å²) in [4.78, 5) is 0. The predicted molar refractivity (Wildman–Crippen MR) is 109 cm³/mol. The zero-order valence-corrected chi connectivity index (χ0v) is 15.7. The van der Waals surface area contributed by atoms with Crippen molar-refractivity contribution in [2.24, 2.45) is 0 Å². The largest absolute Gasteiger partial charge is 0.507 e. The van der Waals surface area contributed by atoms with Crippen LogP contribution in [0.25, 0.3) is 0 Å². The number of nitrogens with one attached hydrogen (secondary N) is 1. The van der Waals surface area contributed by atoms with Crippen LogP contribution in [-0.2, 0) is 13.0 Å².